The fourth-order valence-corrected chi connectivity index (χ4v) is 3.58. The van der Waals surface area contributed by atoms with Gasteiger partial charge in [-0.3, -0.25) is 9.59 Å². The van der Waals surface area contributed by atoms with E-state index < -0.39 is 0 Å². The number of nitrogens with one attached hydrogen (secondary N) is 1. The van der Waals surface area contributed by atoms with Gasteiger partial charge in [-0.15, -0.1) is 0 Å². The largest absolute Gasteiger partial charge is 0.465 e. The minimum absolute atomic E-state index is 0.0276. The summed E-state index contributed by atoms with van der Waals surface area (Å²) in [5, 5.41) is 3.11. The molecule has 24 heavy (non-hydrogen) atoms. The van der Waals surface area contributed by atoms with Gasteiger partial charge in [-0.05, 0) is 49.8 Å². The van der Waals surface area contributed by atoms with Crippen molar-refractivity contribution in [1.82, 2.24) is 10.2 Å². The van der Waals surface area contributed by atoms with Crippen molar-refractivity contribution in [1.29, 1.82) is 0 Å². The van der Waals surface area contributed by atoms with E-state index in [2.05, 4.69) is 5.32 Å². The normalized spacial score (nSPS) is 19.9. The number of carbonyl (C=O) groups excluding carboxylic acids is 2. The molecule has 2 heterocycles. The van der Waals surface area contributed by atoms with E-state index >= 15 is 0 Å². The first kappa shape index (κ1) is 16.8. The van der Waals surface area contributed by atoms with Gasteiger partial charge >= 0.3 is 0 Å². The lowest BCUT2D eigenvalue weighted by Crippen LogP contribution is -2.41. The van der Waals surface area contributed by atoms with Gasteiger partial charge < -0.3 is 14.6 Å². The Labute approximate surface area is 143 Å². The maximum Gasteiger partial charge on any atom is 0.246 e. The molecule has 1 aromatic heterocycles. The monoisotopic (exact) mass is 330 g/mol. The molecule has 130 valence electrons. The zero-order valence-electron chi connectivity index (χ0n) is 14.1. The zero-order valence-corrected chi connectivity index (χ0v) is 14.1. The molecular weight excluding hydrogens is 304 g/mol. The summed E-state index contributed by atoms with van der Waals surface area (Å²) in [5.74, 6) is 1.66. The summed E-state index contributed by atoms with van der Waals surface area (Å²) in [5.41, 5.74) is 0. The van der Waals surface area contributed by atoms with Gasteiger partial charge in [0.05, 0.1) is 6.26 Å². The predicted octanol–water partition coefficient (Wildman–Crippen LogP) is 2.84. The SMILES string of the molecule is O=C(NCC1CCN(C(=O)/C=C/c2ccco2)CC1)C1CCCC1. The van der Waals surface area contributed by atoms with Crippen LogP contribution in [0, 0.1) is 11.8 Å². The standard InChI is InChI=1S/C19H26N2O3/c22-18(8-7-17-6-3-13-24-17)21-11-9-15(10-12-21)14-20-19(23)16-4-1-2-5-16/h3,6-8,13,15-16H,1-2,4-5,9-12,14H2,(H,20,23)/b8-7+. The van der Waals surface area contributed by atoms with Crippen molar-refractivity contribution in [3.8, 4) is 0 Å². The Hall–Kier alpha value is -2.04. The number of carbonyl (C=O) groups is 2. The Kier molecular flexibility index (Phi) is 5.72. The topological polar surface area (TPSA) is 62.6 Å². The molecular formula is C19H26N2O3. The van der Waals surface area contributed by atoms with Gasteiger partial charge in [0.25, 0.3) is 0 Å². The molecule has 0 spiro atoms. The van der Waals surface area contributed by atoms with Gasteiger partial charge in [0, 0.05) is 31.6 Å². The average Bonchev–Trinajstić information content (AvgIpc) is 3.31. The molecule has 1 aliphatic heterocycles. The fourth-order valence-electron chi connectivity index (χ4n) is 3.58. The summed E-state index contributed by atoms with van der Waals surface area (Å²) in [6.07, 6.45) is 11.2. The predicted molar refractivity (Wildman–Crippen MR) is 92.0 cm³/mol. The van der Waals surface area contributed by atoms with Gasteiger partial charge in [0.2, 0.25) is 11.8 Å². The molecule has 1 saturated carbocycles. The van der Waals surface area contributed by atoms with Crippen molar-refractivity contribution in [3.05, 3.63) is 30.2 Å². The number of amides is 2. The Morgan fingerprint density at radius 2 is 1.96 bits per heavy atom. The van der Waals surface area contributed by atoms with E-state index in [0.29, 0.717) is 11.7 Å². The van der Waals surface area contributed by atoms with Gasteiger partial charge in [-0.25, -0.2) is 0 Å². The summed E-state index contributed by atoms with van der Waals surface area (Å²) in [4.78, 5) is 26.1. The van der Waals surface area contributed by atoms with Crippen molar-refractivity contribution in [3.63, 3.8) is 0 Å². The average molecular weight is 330 g/mol. The third kappa shape index (κ3) is 4.49. The maximum atomic E-state index is 12.2. The highest BCUT2D eigenvalue weighted by Gasteiger charge is 2.25. The van der Waals surface area contributed by atoms with E-state index in [0.717, 1.165) is 45.3 Å². The van der Waals surface area contributed by atoms with Crippen molar-refractivity contribution >= 4 is 17.9 Å². The Balaban J connectivity index is 1.37. The van der Waals surface area contributed by atoms with Gasteiger partial charge in [-0.1, -0.05) is 12.8 Å². The Morgan fingerprint density at radius 1 is 1.21 bits per heavy atom. The highest BCUT2D eigenvalue weighted by molar-refractivity contribution is 5.91. The van der Waals surface area contributed by atoms with Crippen LogP contribution in [0.3, 0.4) is 0 Å². The van der Waals surface area contributed by atoms with Gasteiger partial charge in [0.1, 0.15) is 5.76 Å². The van der Waals surface area contributed by atoms with Crippen LogP contribution in [0.5, 0.6) is 0 Å². The smallest absolute Gasteiger partial charge is 0.246 e. The van der Waals surface area contributed by atoms with E-state index in [4.69, 9.17) is 4.42 Å². The van der Waals surface area contributed by atoms with Crippen LogP contribution in [0.2, 0.25) is 0 Å². The van der Waals surface area contributed by atoms with Crippen LogP contribution in [-0.2, 0) is 9.59 Å². The molecule has 0 radical (unpaired) electrons. The molecule has 1 saturated heterocycles. The van der Waals surface area contributed by atoms with Crippen molar-refractivity contribution < 1.29 is 14.0 Å². The third-order valence-electron chi connectivity index (χ3n) is 5.15. The quantitative estimate of drug-likeness (QED) is 0.845. The first-order valence-corrected chi connectivity index (χ1v) is 9.00. The lowest BCUT2D eigenvalue weighted by atomic mass is 9.96. The molecule has 1 aliphatic carbocycles. The molecule has 1 aromatic rings. The lowest BCUT2D eigenvalue weighted by molar-refractivity contribution is -0.128. The van der Waals surface area contributed by atoms with E-state index in [1.807, 2.05) is 11.0 Å². The minimum Gasteiger partial charge on any atom is -0.465 e. The molecule has 0 aromatic carbocycles. The van der Waals surface area contributed by atoms with Crippen LogP contribution in [0.4, 0.5) is 0 Å². The molecule has 2 aliphatic rings. The first-order valence-electron chi connectivity index (χ1n) is 9.00. The number of rotatable bonds is 5. The third-order valence-corrected chi connectivity index (χ3v) is 5.15. The second kappa shape index (κ2) is 8.18. The summed E-state index contributed by atoms with van der Waals surface area (Å²) in [6.45, 7) is 2.26. The van der Waals surface area contributed by atoms with Crippen molar-refractivity contribution in [2.75, 3.05) is 19.6 Å². The van der Waals surface area contributed by atoms with Crippen LogP contribution in [0.1, 0.15) is 44.3 Å². The lowest BCUT2D eigenvalue weighted by Gasteiger charge is -2.31. The summed E-state index contributed by atoms with van der Waals surface area (Å²) >= 11 is 0. The molecule has 2 amide bonds. The number of hydrogen-bond donors (Lipinski definition) is 1. The molecule has 2 fully saturated rings. The maximum absolute atomic E-state index is 12.2. The second-order valence-corrected chi connectivity index (χ2v) is 6.84. The van der Waals surface area contributed by atoms with E-state index in [9.17, 15) is 9.59 Å². The molecule has 1 N–H and O–H groups in total. The van der Waals surface area contributed by atoms with Crippen molar-refractivity contribution in [2.45, 2.75) is 38.5 Å². The molecule has 0 bridgehead atoms. The van der Waals surface area contributed by atoms with Crippen LogP contribution < -0.4 is 5.32 Å². The summed E-state index contributed by atoms with van der Waals surface area (Å²) in [6, 6.07) is 3.62. The highest BCUT2D eigenvalue weighted by Crippen LogP contribution is 2.25. The van der Waals surface area contributed by atoms with Gasteiger partial charge in [-0.2, -0.15) is 0 Å². The van der Waals surface area contributed by atoms with E-state index in [1.54, 1.807) is 24.5 Å². The minimum atomic E-state index is 0.0276. The molecule has 5 nitrogen and oxygen atoms in total. The number of furan rings is 1. The van der Waals surface area contributed by atoms with E-state index in [-0.39, 0.29) is 17.7 Å². The number of piperidine rings is 1. The molecule has 0 atom stereocenters. The molecule has 5 heteroatoms. The second-order valence-electron chi connectivity index (χ2n) is 6.84. The number of hydrogen-bond acceptors (Lipinski definition) is 3. The van der Waals surface area contributed by atoms with Crippen LogP contribution in [0.25, 0.3) is 6.08 Å². The van der Waals surface area contributed by atoms with Crippen LogP contribution >= 0.6 is 0 Å². The van der Waals surface area contributed by atoms with Crippen molar-refractivity contribution in [2.24, 2.45) is 11.8 Å². The first-order chi connectivity index (χ1) is 11.7. The Bertz CT molecular complexity index is 565. The van der Waals surface area contributed by atoms with E-state index in [1.165, 1.54) is 12.8 Å². The number of nitrogens with zero attached hydrogens (tertiary/aromatic N) is 1. The van der Waals surface area contributed by atoms with Crippen LogP contribution in [0.15, 0.2) is 28.9 Å². The summed E-state index contributed by atoms with van der Waals surface area (Å²) < 4.78 is 5.19. The number of likely N-dealkylation sites (tertiary alicyclic amines) is 1. The fraction of sp³-hybridized carbons (Fsp3) is 0.579. The summed E-state index contributed by atoms with van der Waals surface area (Å²) in [7, 11) is 0. The molecule has 0 unspecified atom stereocenters. The Morgan fingerprint density at radius 3 is 2.62 bits per heavy atom. The molecule has 3 rings (SSSR count). The van der Waals surface area contributed by atoms with Crippen LogP contribution in [-0.4, -0.2) is 36.3 Å². The van der Waals surface area contributed by atoms with Gasteiger partial charge in [0.15, 0.2) is 0 Å². The zero-order chi connectivity index (χ0) is 16.8. The highest BCUT2D eigenvalue weighted by atomic mass is 16.3.